The number of methoxy groups -OCH3 is 1. The van der Waals surface area contributed by atoms with Crippen LogP contribution < -0.4 is 0 Å². The number of hydrogen-bond donors (Lipinski definition) is 0. The maximum absolute atomic E-state index is 12.5. The van der Waals surface area contributed by atoms with E-state index in [0.717, 1.165) is 20.7 Å². The molecule has 0 N–H and O–H groups in total. The molecule has 2 rings (SSSR count). The maximum atomic E-state index is 12.5. The number of benzene rings is 1. The van der Waals surface area contributed by atoms with Crippen molar-refractivity contribution in [3.63, 3.8) is 0 Å². The Morgan fingerprint density at radius 2 is 2.16 bits per heavy atom. The van der Waals surface area contributed by atoms with Crippen LogP contribution in [0.2, 0.25) is 0 Å². The summed E-state index contributed by atoms with van der Waals surface area (Å²) in [6, 6.07) is 7.91. The van der Waals surface area contributed by atoms with Crippen LogP contribution in [-0.4, -0.2) is 42.0 Å². The summed E-state index contributed by atoms with van der Waals surface area (Å²) < 4.78 is 5.72. The van der Waals surface area contributed by atoms with Crippen LogP contribution in [0.3, 0.4) is 0 Å². The molecule has 0 aliphatic heterocycles. The molecule has 5 nitrogen and oxygen atoms in total. The standard InChI is InChI=1S/C18H21BrN2O3S/c1-4-21(10-12(2)18(23)24-3)16(22)9-15-11-25-17(20-15)13-6-5-7-14(19)8-13/h5-8,11-12H,4,9-10H2,1-3H3. The monoisotopic (exact) mass is 424 g/mol. The molecular weight excluding hydrogens is 404 g/mol. The average Bonchev–Trinajstić information content (AvgIpc) is 3.07. The van der Waals surface area contributed by atoms with Crippen LogP contribution >= 0.6 is 27.3 Å². The number of aromatic nitrogens is 1. The van der Waals surface area contributed by atoms with Gasteiger partial charge in [-0.05, 0) is 19.1 Å². The van der Waals surface area contributed by atoms with Gasteiger partial charge >= 0.3 is 5.97 Å². The number of nitrogens with zero attached hydrogens (tertiary/aromatic N) is 2. The first-order chi connectivity index (χ1) is 11.9. The summed E-state index contributed by atoms with van der Waals surface area (Å²) in [7, 11) is 1.36. The van der Waals surface area contributed by atoms with Crippen molar-refractivity contribution in [1.82, 2.24) is 9.88 Å². The summed E-state index contributed by atoms with van der Waals surface area (Å²) in [5.41, 5.74) is 1.76. The van der Waals surface area contributed by atoms with Gasteiger partial charge in [-0.3, -0.25) is 9.59 Å². The number of esters is 1. The number of ether oxygens (including phenoxy) is 1. The first kappa shape index (κ1) is 19.6. The van der Waals surface area contributed by atoms with Gasteiger partial charge in [0.2, 0.25) is 5.91 Å². The molecule has 0 bridgehead atoms. The van der Waals surface area contributed by atoms with Crippen LogP contribution in [-0.2, 0) is 20.7 Å². The lowest BCUT2D eigenvalue weighted by Crippen LogP contribution is -2.38. The Morgan fingerprint density at radius 1 is 1.40 bits per heavy atom. The molecule has 2 aromatic rings. The summed E-state index contributed by atoms with van der Waals surface area (Å²) in [4.78, 5) is 30.3. The fourth-order valence-corrected chi connectivity index (χ4v) is 3.64. The van der Waals surface area contributed by atoms with Crippen molar-refractivity contribution in [1.29, 1.82) is 0 Å². The minimum Gasteiger partial charge on any atom is -0.469 e. The summed E-state index contributed by atoms with van der Waals surface area (Å²) in [6.45, 7) is 4.55. The number of hydrogen-bond acceptors (Lipinski definition) is 5. The Hall–Kier alpha value is -1.73. The zero-order valence-electron chi connectivity index (χ0n) is 14.5. The Balaban J connectivity index is 2.03. The van der Waals surface area contributed by atoms with Crippen LogP contribution in [0.25, 0.3) is 10.6 Å². The van der Waals surface area contributed by atoms with E-state index < -0.39 is 0 Å². The number of thiazole rings is 1. The molecule has 134 valence electrons. The molecule has 7 heteroatoms. The minimum absolute atomic E-state index is 0.0376. The smallest absolute Gasteiger partial charge is 0.310 e. The fourth-order valence-electron chi connectivity index (χ4n) is 2.42. The Bertz CT molecular complexity index is 747. The first-order valence-electron chi connectivity index (χ1n) is 8.00. The second kappa shape index (κ2) is 9.10. The molecular formula is C18H21BrN2O3S. The quantitative estimate of drug-likeness (QED) is 0.634. The van der Waals surface area contributed by atoms with E-state index in [-0.39, 0.29) is 24.2 Å². The molecule has 1 amide bonds. The second-order valence-corrected chi connectivity index (χ2v) is 7.46. The highest BCUT2D eigenvalue weighted by Crippen LogP contribution is 2.26. The van der Waals surface area contributed by atoms with Gasteiger partial charge in [0.05, 0.1) is 25.1 Å². The lowest BCUT2D eigenvalue weighted by molar-refractivity contribution is -0.146. The van der Waals surface area contributed by atoms with Crippen LogP contribution in [0.5, 0.6) is 0 Å². The van der Waals surface area contributed by atoms with Crippen molar-refractivity contribution >= 4 is 39.1 Å². The summed E-state index contributed by atoms with van der Waals surface area (Å²) in [5, 5.41) is 2.79. The summed E-state index contributed by atoms with van der Waals surface area (Å²) >= 11 is 4.97. The van der Waals surface area contributed by atoms with Gasteiger partial charge in [0, 0.05) is 28.5 Å². The van der Waals surface area contributed by atoms with Gasteiger partial charge in [-0.1, -0.05) is 35.0 Å². The lowest BCUT2D eigenvalue weighted by Gasteiger charge is -2.23. The molecule has 0 saturated carbocycles. The molecule has 1 heterocycles. The van der Waals surface area contributed by atoms with Gasteiger partial charge in [-0.2, -0.15) is 0 Å². The second-order valence-electron chi connectivity index (χ2n) is 5.69. The molecule has 0 spiro atoms. The van der Waals surface area contributed by atoms with Crippen LogP contribution in [0, 0.1) is 5.92 Å². The third-order valence-corrected chi connectivity index (χ3v) is 5.22. The molecule has 1 aromatic carbocycles. The molecule has 1 aromatic heterocycles. The largest absolute Gasteiger partial charge is 0.469 e. The van der Waals surface area contributed by atoms with Gasteiger partial charge in [-0.15, -0.1) is 11.3 Å². The number of likely N-dealkylation sites (N-methyl/N-ethyl adjacent to an activating group) is 1. The summed E-state index contributed by atoms with van der Waals surface area (Å²) in [5.74, 6) is -0.692. The number of carbonyl (C=O) groups excluding carboxylic acids is 2. The topological polar surface area (TPSA) is 59.5 Å². The van der Waals surface area contributed by atoms with E-state index in [0.29, 0.717) is 13.1 Å². The molecule has 0 saturated heterocycles. The highest BCUT2D eigenvalue weighted by Gasteiger charge is 2.21. The van der Waals surface area contributed by atoms with Gasteiger partial charge in [0.25, 0.3) is 0 Å². The zero-order chi connectivity index (χ0) is 18.4. The van der Waals surface area contributed by atoms with Crippen molar-refractivity contribution in [3.8, 4) is 10.6 Å². The molecule has 0 aliphatic rings. The van der Waals surface area contributed by atoms with Gasteiger partial charge in [-0.25, -0.2) is 4.98 Å². The number of rotatable bonds is 7. The van der Waals surface area contributed by atoms with Crippen LogP contribution in [0.4, 0.5) is 0 Å². The lowest BCUT2D eigenvalue weighted by atomic mass is 10.1. The fraction of sp³-hybridized carbons (Fsp3) is 0.389. The van der Waals surface area contributed by atoms with Crippen molar-refractivity contribution < 1.29 is 14.3 Å². The van der Waals surface area contributed by atoms with E-state index in [4.69, 9.17) is 4.74 Å². The molecule has 0 radical (unpaired) electrons. The number of carbonyl (C=O) groups is 2. The van der Waals surface area contributed by atoms with Gasteiger partial charge < -0.3 is 9.64 Å². The van der Waals surface area contributed by atoms with Gasteiger partial charge in [0.15, 0.2) is 0 Å². The average molecular weight is 425 g/mol. The number of halogens is 1. The van der Waals surface area contributed by atoms with E-state index in [2.05, 4.69) is 20.9 Å². The third kappa shape index (κ3) is 5.37. The third-order valence-electron chi connectivity index (χ3n) is 3.79. The highest BCUT2D eigenvalue weighted by molar-refractivity contribution is 9.10. The van der Waals surface area contributed by atoms with Crippen molar-refractivity contribution in [2.75, 3.05) is 20.2 Å². The SMILES string of the molecule is CCN(CC(C)C(=O)OC)C(=O)Cc1csc(-c2cccc(Br)c2)n1. The van der Waals surface area contributed by atoms with E-state index in [1.165, 1.54) is 18.4 Å². The van der Waals surface area contributed by atoms with Crippen molar-refractivity contribution in [2.24, 2.45) is 5.92 Å². The molecule has 1 unspecified atom stereocenters. The predicted molar refractivity (Wildman–Crippen MR) is 102 cm³/mol. The van der Waals surface area contributed by atoms with Crippen molar-refractivity contribution in [2.45, 2.75) is 20.3 Å². The molecule has 0 fully saturated rings. The van der Waals surface area contributed by atoms with Crippen LogP contribution in [0.15, 0.2) is 34.1 Å². The first-order valence-corrected chi connectivity index (χ1v) is 9.67. The van der Waals surface area contributed by atoms with E-state index >= 15 is 0 Å². The molecule has 0 aliphatic carbocycles. The van der Waals surface area contributed by atoms with Crippen LogP contribution in [0.1, 0.15) is 19.5 Å². The van der Waals surface area contributed by atoms with E-state index in [9.17, 15) is 9.59 Å². The Labute approximate surface area is 160 Å². The summed E-state index contributed by atoms with van der Waals surface area (Å²) in [6.07, 6.45) is 0.228. The molecule has 1 atom stereocenters. The minimum atomic E-state index is -0.346. The van der Waals surface area contributed by atoms with E-state index in [1.807, 2.05) is 36.6 Å². The Morgan fingerprint density at radius 3 is 2.80 bits per heavy atom. The predicted octanol–water partition coefficient (Wildman–Crippen LogP) is 3.77. The number of amides is 1. The Kier molecular flexibility index (Phi) is 7.13. The highest BCUT2D eigenvalue weighted by atomic mass is 79.9. The normalized spacial score (nSPS) is 11.8. The van der Waals surface area contributed by atoms with Crippen molar-refractivity contribution in [3.05, 3.63) is 39.8 Å². The van der Waals surface area contributed by atoms with E-state index in [1.54, 1.807) is 11.8 Å². The zero-order valence-corrected chi connectivity index (χ0v) is 16.9. The van der Waals surface area contributed by atoms with Gasteiger partial charge in [0.1, 0.15) is 5.01 Å². The maximum Gasteiger partial charge on any atom is 0.310 e. The molecule has 25 heavy (non-hydrogen) atoms.